The molecule has 0 saturated heterocycles. The number of nitrogens with one attached hydrogen (secondary N) is 2. The Bertz CT molecular complexity index is 963. The zero-order valence-corrected chi connectivity index (χ0v) is 15.3. The second kappa shape index (κ2) is 7.34. The van der Waals surface area contributed by atoms with Crippen molar-refractivity contribution in [3.63, 3.8) is 0 Å². The van der Waals surface area contributed by atoms with E-state index in [1.165, 1.54) is 18.2 Å². The van der Waals surface area contributed by atoms with E-state index < -0.39 is 27.7 Å². The van der Waals surface area contributed by atoms with Crippen LogP contribution in [-0.4, -0.2) is 20.6 Å². The Kier molecular flexibility index (Phi) is 5.74. The summed E-state index contributed by atoms with van der Waals surface area (Å²) in [5, 5.41) is 2.16. The number of hydrogen-bond acceptors (Lipinski definition) is 3. The van der Waals surface area contributed by atoms with Gasteiger partial charge in [0.25, 0.3) is 5.91 Å². The maximum absolute atomic E-state index is 12.7. The van der Waals surface area contributed by atoms with Gasteiger partial charge in [-0.15, -0.1) is 0 Å². The van der Waals surface area contributed by atoms with E-state index in [1.54, 1.807) is 0 Å². The van der Waals surface area contributed by atoms with Gasteiger partial charge in [-0.3, -0.25) is 9.52 Å². The molecule has 0 bridgehead atoms. The third kappa shape index (κ3) is 5.26. The van der Waals surface area contributed by atoms with E-state index >= 15 is 0 Å². The standard InChI is InChI=1S/C15H11Cl2F3N2O3S/c1-26(24,25)22-12-5-3-9(16)7-10(12)14(23)21-13-4-2-8(6-11(13)17)15(18,19)20/h2-7,22H,1H3,(H,21,23). The van der Waals surface area contributed by atoms with E-state index in [2.05, 4.69) is 10.0 Å². The quantitative estimate of drug-likeness (QED) is 0.747. The second-order valence-electron chi connectivity index (χ2n) is 5.21. The lowest BCUT2D eigenvalue weighted by atomic mass is 10.1. The first-order valence-electron chi connectivity index (χ1n) is 6.82. The molecule has 5 nitrogen and oxygen atoms in total. The van der Waals surface area contributed by atoms with Crippen LogP contribution in [-0.2, 0) is 16.2 Å². The van der Waals surface area contributed by atoms with E-state index in [1.807, 2.05) is 0 Å². The average molecular weight is 427 g/mol. The van der Waals surface area contributed by atoms with E-state index in [4.69, 9.17) is 23.2 Å². The number of rotatable bonds is 4. The molecule has 11 heteroatoms. The summed E-state index contributed by atoms with van der Waals surface area (Å²) in [7, 11) is -3.67. The first-order valence-corrected chi connectivity index (χ1v) is 9.47. The molecule has 0 aliphatic carbocycles. The van der Waals surface area contributed by atoms with Crippen molar-refractivity contribution in [3.8, 4) is 0 Å². The first kappa shape index (κ1) is 20.3. The summed E-state index contributed by atoms with van der Waals surface area (Å²) in [6.45, 7) is 0. The first-order chi connectivity index (χ1) is 11.9. The van der Waals surface area contributed by atoms with Crippen LogP contribution in [0.3, 0.4) is 0 Å². The number of benzene rings is 2. The van der Waals surface area contributed by atoms with Crippen LogP contribution in [0.4, 0.5) is 24.5 Å². The molecule has 0 saturated carbocycles. The Hall–Kier alpha value is -1.97. The number of carbonyl (C=O) groups excluding carboxylic acids is 1. The average Bonchev–Trinajstić information content (AvgIpc) is 2.48. The predicted octanol–water partition coefficient (Wildman–Crippen LogP) is 4.64. The van der Waals surface area contributed by atoms with Gasteiger partial charge in [-0.05, 0) is 36.4 Å². The summed E-state index contributed by atoms with van der Waals surface area (Å²) in [6.07, 6.45) is -3.68. The summed E-state index contributed by atoms with van der Waals surface area (Å²) < 4.78 is 62.9. The van der Waals surface area contributed by atoms with E-state index in [0.29, 0.717) is 6.07 Å². The Morgan fingerprint density at radius 3 is 2.19 bits per heavy atom. The van der Waals surface area contributed by atoms with Crippen LogP contribution in [0.2, 0.25) is 10.0 Å². The number of alkyl halides is 3. The van der Waals surface area contributed by atoms with Crippen LogP contribution in [0.15, 0.2) is 36.4 Å². The maximum atomic E-state index is 12.7. The smallest absolute Gasteiger partial charge is 0.321 e. The number of amides is 1. The molecular formula is C15H11Cl2F3N2O3S. The van der Waals surface area contributed by atoms with Gasteiger partial charge in [0.15, 0.2) is 0 Å². The molecule has 2 aromatic rings. The maximum Gasteiger partial charge on any atom is 0.416 e. The van der Waals surface area contributed by atoms with Crippen molar-refractivity contribution in [2.24, 2.45) is 0 Å². The number of carbonyl (C=O) groups is 1. The third-order valence-corrected chi connectivity index (χ3v) is 4.20. The Morgan fingerprint density at radius 2 is 1.65 bits per heavy atom. The van der Waals surface area contributed by atoms with Gasteiger partial charge in [-0.25, -0.2) is 8.42 Å². The molecule has 2 rings (SSSR count). The molecule has 2 N–H and O–H groups in total. The van der Waals surface area contributed by atoms with Crippen LogP contribution >= 0.6 is 23.2 Å². The highest BCUT2D eigenvalue weighted by atomic mass is 35.5. The third-order valence-electron chi connectivity index (χ3n) is 3.07. The summed E-state index contributed by atoms with van der Waals surface area (Å²) in [4.78, 5) is 12.4. The number of anilines is 2. The summed E-state index contributed by atoms with van der Waals surface area (Å²) in [5.41, 5.74) is -1.21. The predicted molar refractivity (Wildman–Crippen MR) is 94.3 cm³/mol. The summed E-state index contributed by atoms with van der Waals surface area (Å²) in [5.74, 6) is -0.805. The number of halogens is 5. The van der Waals surface area contributed by atoms with E-state index in [0.717, 1.165) is 18.4 Å². The Labute approximate surface area is 157 Å². The molecule has 26 heavy (non-hydrogen) atoms. The molecule has 140 valence electrons. The molecule has 0 fully saturated rings. The minimum Gasteiger partial charge on any atom is -0.321 e. The molecule has 0 aliphatic rings. The topological polar surface area (TPSA) is 75.3 Å². The number of sulfonamides is 1. The van der Waals surface area contributed by atoms with Crippen molar-refractivity contribution in [2.45, 2.75) is 6.18 Å². The highest BCUT2D eigenvalue weighted by Crippen LogP contribution is 2.34. The highest BCUT2D eigenvalue weighted by molar-refractivity contribution is 7.92. The molecule has 0 aliphatic heterocycles. The fraction of sp³-hybridized carbons (Fsp3) is 0.133. The van der Waals surface area contributed by atoms with E-state index in [9.17, 15) is 26.4 Å². The fourth-order valence-corrected chi connectivity index (χ4v) is 2.95. The lowest BCUT2D eigenvalue weighted by Gasteiger charge is -2.13. The number of hydrogen-bond donors (Lipinski definition) is 2. The minimum absolute atomic E-state index is 0.0440. The van der Waals surface area contributed by atoms with Crippen LogP contribution in [0.1, 0.15) is 15.9 Å². The van der Waals surface area contributed by atoms with Crippen molar-refractivity contribution < 1.29 is 26.4 Å². The second-order valence-corrected chi connectivity index (χ2v) is 7.80. The van der Waals surface area contributed by atoms with Gasteiger partial charge in [-0.2, -0.15) is 13.2 Å². The molecular weight excluding hydrogens is 416 g/mol. The van der Waals surface area contributed by atoms with Gasteiger partial charge in [0.1, 0.15) is 0 Å². The van der Waals surface area contributed by atoms with Crippen molar-refractivity contribution in [2.75, 3.05) is 16.3 Å². The van der Waals surface area contributed by atoms with Crippen molar-refractivity contribution >= 4 is 50.5 Å². The summed E-state index contributed by atoms with van der Waals surface area (Å²) >= 11 is 11.6. The van der Waals surface area contributed by atoms with Crippen molar-refractivity contribution in [1.82, 2.24) is 0 Å². The molecule has 0 unspecified atom stereocenters. The lowest BCUT2D eigenvalue weighted by molar-refractivity contribution is -0.137. The Morgan fingerprint density at radius 1 is 1.04 bits per heavy atom. The molecule has 0 aromatic heterocycles. The van der Waals surface area contributed by atoms with Crippen LogP contribution in [0.5, 0.6) is 0 Å². The largest absolute Gasteiger partial charge is 0.416 e. The van der Waals surface area contributed by atoms with Crippen molar-refractivity contribution in [1.29, 1.82) is 0 Å². The van der Waals surface area contributed by atoms with Gasteiger partial charge in [0.05, 0.1) is 33.8 Å². The van der Waals surface area contributed by atoms with Crippen LogP contribution in [0.25, 0.3) is 0 Å². The Balaban J connectivity index is 2.35. The SMILES string of the molecule is CS(=O)(=O)Nc1ccc(Cl)cc1C(=O)Nc1ccc(C(F)(F)F)cc1Cl. The van der Waals surface area contributed by atoms with Crippen LogP contribution in [0, 0.1) is 0 Å². The monoisotopic (exact) mass is 426 g/mol. The zero-order chi connectivity index (χ0) is 19.7. The van der Waals surface area contributed by atoms with Gasteiger partial charge in [-0.1, -0.05) is 23.2 Å². The lowest BCUT2D eigenvalue weighted by Crippen LogP contribution is -2.18. The minimum atomic E-state index is -4.58. The van der Waals surface area contributed by atoms with Gasteiger partial charge in [0, 0.05) is 5.02 Å². The molecule has 0 atom stereocenters. The van der Waals surface area contributed by atoms with Crippen molar-refractivity contribution in [3.05, 3.63) is 57.6 Å². The fourth-order valence-electron chi connectivity index (χ4n) is 1.98. The molecule has 1 amide bonds. The van der Waals surface area contributed by atoms with Crippen LogP contribution < -0.4 is 10.0 Å². The zero-order valence-electron chi connectivity index (χ0n) is 13.0. The molecule has 2 aromatic carbocycles. The van der Waals surface area contributed by atoms with E-state index in [-0.39, 0.29) is 27.0 Å². The van der Waals surface area contributed by atoms with Gasteiger partial charge >= 0.3 is 6.18 Å². The van der Waals surface area contributed by atoms with Gasteiger partial charge in [0.2, 0.25) is 10.0 Å². The highest BCUT2D eigenvalue weighted by Gasteiger charge is 2.31. The molecule has 0 heterocycles. The van der Waals surface area contributed by atoms with Gasteiger partial charge < -0.3 is 5.32 Å². The normalized spacial score (nSPS) is 11.9. The molecule has 0 radical (unpaired) electrons. The molecule has 0 spiro atoms. The summed E-state index contributed by atoms with van der Waals surface area (Å²) in [6, 6.07) is 6.29.